The number of rotatable bonds is 1. The molecule has 0 atom stereocenters. The first-order valence-electron chi connectivity index (χ1n) is 5.64. The second-order valence-corrected chi connectivity index (χ2v) is 4.61. The van der Waals surface area contributed by atoms with Crippen LogP contribution in [-0.2, 0) is 9.59 Å². The third-order valence-corrected chi connectivity index (χ3v) is 3.00. The number of benzene rings is 1. The van der Waals surface area contributed by atoms with E-state index in [1.807, 2.05) is 6.92 Å². The van der Waals surface area contributed by atoms with E-state index in [9.17, 15) is 14.7 Å². The van der Waals surface area contributed by atoms with E-state index >= 15 is 0 Å². The van der Waals surface area contributed by atoms with Crippen molar-refractivity contribution in [2.24, 2.45) is 5.92 Å². The van der Waals surface area contributed by atoms with Crippen LogP contribution in [0.15, 0.2) is 18.2 Å². The summed E-state index contributed by atoms with van der Waals surface area (Å²) in [4.78, 5) is 24.8. The Bertz CT molecular complexity index is 464. The minimum absolute atomic E-state index is 0.0988. The van der Waals surface area contributed by atoms with E-state index in [0.717, 1.165) is 5.56 Å². The molecule has 2 rings (SSSR count). The number of hydrogen-bond donors (Lipinski definition) is 1. The standard InChI is InChI=1S/C13H15NO3/c1-8-5-12(16)14(13(17)6-8)10-4-3-9(2)11(15)7-10/h3-4,7-8,15H,5-6H2,1-2H3. The van der Waals surface area contributed by atoms with Crippen LogP contribution in [0, 0.1) is 12.8 Å². The molecule has 4 nitrogen and oxygen atoms in total. The van der Waals surface area contributed by atoms with Gasteiger partial charge in [0.05, 0.1) is 5.69 Å². The number of imide groups is 1. The van der Waals surface area contributed by atoms with E-state index in [1.54, 1.807) is 19.1 Å². The fraction of sp³-hybridized carbons (Fsp3) is 0.385. The molecule has 17 heavy (non-hydrogen) atoms. The lowest BCUT2D eigenvalue weighted by Crippen LogP contribution is -2.42. The van der Waals surface area contributed by atoms with Gasteiger partial charge in [-0.05, 0) is 24.5 Å². The van der Waals surface area contributed by atoms with Gasteiger partial charge >= 0.3 is 0 Å². The van der Waals surface area contributed by atoms with E-state index in [4.69, 9.17) is 0 Å². The van der Waals surface area contributed by atoms with Crippen LogP contribution >= 0.6 is 0 Å². The monoisotopic (exact) mass is 233 g/mol. The molecular formula is C13H15NO3. The lowest BCUT2D eigenvalue weighted by molar-refractivity contribution is -0.130. The van der Waals surface area contributed by atoms with Gasteiger partial charge in [-0.3, -0.25) is 14.5 Å². The maximum absolute atomic E-state index is 11.8. The Morgan fingerprint density at radius 3 is 2.35 bits per heavy atom. The van der Waals surface area contributed by atoms with Crippen LogP contribution in [0.5, 0.6) is 5.75 Å². The summed E-state index contributed by atoms with van der Waals surface area (Å²) >= 11 is 0. The molecule has 0 aliphatic carbocycles. The Morgan fingerprint density at radius 2 is 1.82 bits per heavy atom. The Morgan fingerprint density at radius 1 is 1.24 bits per heavy atom. The largest absolute Gasteiger partial charge is 0.508 e. The Labute approximate surface area is 99.9 Å². The fourth-order valence-electron chi connectivity index (χ4n) is 2.01. The molecular weight excluding hydrogens is 218 g/mol. The van der Waals surface area contributed by atoms with Crippen molar-refractivity contribution in [2.45, 2.75) is 26.7 Å². The van der Waals surface area contributed by atoms with Crippen molar-refractivity contribution in [1.82, 2.24) is 0 Å². The van der Waals surface area contributed by atoms with Crippen LogP contribution in [0.25, 0.3) is 0 Å². The number of anilines is 1. The van der Waals surface area contributed by atoms with E-state index in [2.05, 4.69) is 0 Å². The lowest BCUT2D eigenvalue weighted by Gasteiger charge is -2.28. The maximum atomic E-state index is 11.8. The van der Waals surface area contributed by atoms with Crippen molar-refractivity contribution in [3.05, 3.63) is 23.8 Å². The maximum Gasteiger partial charge on any atom is 0.234 e. The SMILES string of the molecule is Cc1ccc(N2C(=O)CC(C)CC2=O)cc1O. The molecule has 0 radical (unpaired) electrons. The fourth-order valence-corrected chi connectivity index (χ4v) is 2.01. The van der Waals surface area contributed by atoms with Gasteiger partial charge in [0, 0.05) is 18.9 Å². The summed E-state index contributed by atoms with van der Waals surface area (Å²) < 4.78 is 0. The van der Waals surface area contributed by atoms with Crippen LogP contribution in [0.4, 0.5) is 5.69 Å². The summed E-state index contributed by atoms with van der Waals surface area (Å²) in [6.45, 7) is 3.65. The Hall–Kier alpha value is -1.84. The molecule has 2 amide bonds. The number of nitrogens with zero attached hydrogens (tertiary/aromatic N) is 1. The summed E-state index contributed by atoms with van der Waals surface area (Å²) in [7, 11) is 0. The zero-order valence-electron chi connectivity index (χ0n) is 9.93. The molecule has 0 unspecified atom stereocenters. The molecule has 1 aromatic rings. The molecule has 0 saturated carbocycles. The summed E-state index contributed by atoms with van der Waals surface area (Å²) in [5, 5.41) is 9.61. The van der Waals surface area contributed by atoms with Crippen LogP contribution in [0.2, 0.25) is 0 Å². The third kappa shape index (κ3) is 2.16. The Kier molecular flexibility index (Phi) is 2.88. The van der Waals surface area contributed by atoms with Crippen molar-refractivity contribution in [1.29, 1.82) is 0 Å². The van der Waals surface area contributed by atoms with Gasteiger partial charge in [-0.1, -0.05) is 13.0 Å². The number of phenolic OH excluding ortho intramolecular Hbond substituents is 1. The number of hydrogen-bond acceptors (Lipinski definition) is 3. The number of aryl methyl sites for hydroxylation is 1. The van der Waals surface area contributed by atoms with Crippen LogP contribution < -0.4 is 4.90 Å². The zero-order valence-corrected chi connectivity index (χ0v) is 9.93. The first-order valence-corrected chi connectivity index (χ1v) is 5.64. The van der Waals surface area contributed by atoms with Gasteiger partial charge in [-0.2, -0.15) is 0 Å². The minimum atomic E-state index is -0.197. The average Bonchev–Trinajstić information content (AvgIpc) is 2.21. The highest BCUT2D eigenvalue weighted by molar-refractivity contribution is 6.16. The van der Waals surface area contributed by atoms with Crippen molar-refractivity contribution in [3.8, 4) is 5.75 Å². The van der Waals surface area contributed by atoms with Gasteiger partial charge in [0.25, 0.3) is 0 Å². The highest BCUT2D eigenvalue weighted by atomic mass is 16.3. The molecule has 0 aromatic heterocycles. The third-order valence-electron chi connectivity index (χ3n) is 3.00. The number of amides is 2. The summed E-state index contributed by atoms with van der Waals surface area (Å²) in [5.74, 6) is -0.193. The molecule has 1 aromatic carbocycles. The zero-order chi connectivity index (χ0) is 12.6. The predicted octanol–water partition coefficient (Wildman–Crippen LogP) is 1.99. The smallest absolute Gasteiger partial charge is 0.234 e. The summed E-state index contributed by atoms with van der Waals surface area (Å²) in [6.07, 6.45) is 0.751. The van der Waals surface area contributed by atoms with Crippen LogP contribution in [-0.4, -0.2) is 16.9 Å². The molecule has 1 N–H and O–H groups in total. The molecule has 0 spiro atoms. The summed E-state index contributed by atoms with van der Waals surface area (Å²) in [6, 6.07) is 4.84. The van der Waals surface area contributed by atoms with Gasteiger partial charge < -0.3 is 5.11 Å². The number of aromatic hydroxyl groups is 1. The number of phenols is 1. The topological polar surface area (TPSA) is 57.6 Å². The lowest BCUT2D eigenvalue weighted by atomic mass is 9.97. The molecule has 0 bridgehead atoms. The van der Waals surface area contributed by atoms with Crippen LogP contribution in [0.3, 0.4) is 0 Å². The molecule has 1 aliphatic rings. The Balaban J connectivity index is 2.35. The van der Waals surface area contributed by atoms with E-state index in [1.165, 1.54) is 11.0 Å². The van der Waals surface area contributed by atoms with Gasteiger partial charge in [0.1, 0.15) is 5.75 Å². The first kappa shape index (κ1) is 11.6. The number of carbonyl (C=O) groups is 2. The number of carbonyl (C=O) groups excluding carboxylic acids is 2. The van der Waals surface area contributed by atoms with Crippen molar-refractivity contribution in [3.63, 3.8) is 0 Å². The molecule has 90 valence electrons. The van der Waals surface area contributed by atoms with Crippen molar-refractivity contribution < 1.29 is 14.7 Å². The highest BCUT2D eigenvalue weighted by Crippen LogP contribution is 2.29. The van der Waals surface area contributed by atoms with Crippen molar-refractivity contribution >= 4 is 17.5 Å². The van der Waals surface area contributed by atoms with E-state index in [0.29, 0.717) is 18.5 Å². The predicted molar refractivity (Wildman–Crippen MR) is 63.7 cm³/mol. The molecule has 1 saturated heterocycles. The second kappa shape index (κ2) is 4.20. The molecule has 1 fully saturated rings. The van der Waals surface area contributed by atoms with Crippen LogP contribution in [0.1, 0.15) is 25.3 Å². The van der Waals surface area contributed by atoms with Gasteiger partial charge in [-0.25, -0.2) is 0 Å². The molecule has 4 heteroatoms. The van der Waals surface area contributed by atoms with Gasteiger partial charge in [-0.15, -0.1) is 0 Å². The van der Waals surface area contributed by atoms with Gasteiger partial charge in [0.15, 0.2) is 0 Å². The minimum Gasteiger partial charge on any atom is -0.508 e. The highest BCUT2D eigenvalue weighted by Gasteiger charge is 2.31. The first-order chi connectivity index (χ1) is 7.99. The summed E-state index contributed by atoms with van der Waals surface area (Å²) in [5.41, 5.74) is 1.18. The number of piperidine rings is 1. The van der Waals surface area contributed by atoms with Gasteiger partial charge in [0.2, 0.25) is 11.8 Å². The molecule has 1 aliphatic heterocycles. The van der Waals surface area contributed by atoms with Crippen molar-refractivity contribution in [2.75, 3.05) is 4.90 Å². The normalized spacial score (nSPS) is 17.6. The second-order valence-electron chi connectivity index (χ2n) is 4.61. The average molecular weight is 233 g/mol. The molecule has 1 heterocycles. The van der Waals surface area contributed by atoms with E-state index < -0.39 is 0 Å². The quantitative estimate of drug-likeness (QED) is 0.755. The van der Waals surface area contributed by atoms with E-state index in [-0.39, 0.29) is 23.5 Å².